The predicted octanol–water partition coefficient (Wildman–Crippen LogP) is 2.72. The number of carbonyl (C=O) groups is 1. The smallest absolute Gasteiger partial charge is 0.303 e. The van der Waals surface area contributed by atoms with E-state index in [1.54, 1.807) is 26.8 Å². The lowest BCUT2D eigenvalue weighted by Crippen LogP contribution is -2.26. The minimum atomic E-state index is -1.48. The topological polar surface area (TPSA) is 72.7 Å². The van der Waals surface area contributed by atoms with E-state index in [0.29, 0.717) is 5.56 Å². The quantitative estimate of drug-likeness (QED) is 0.671. The largest absolute Gasteiger partial charge is 0.591 e. The number of halogens is 1. The van der Waals surface area contributed by atoms with Crippen molar-refractivity contribution < 1.29 is 18.8 Å². The van der Waals surface area contributed by atoms with E-state index in [2.05, 4.69) is 4.40 Å². The Bertz CT molecular complexity index is 512. The average Bonchev–Trinajstić information content (AvgIpc) is 2.33. The molecule has 0 spiro atoms. The lowest BCUT2D eigenvalue weighted by Gasteiger charge is -2.17. The fraction of sp³-hybridized carbons (Fsp3) is 0.429. The van der Waals surface area contributed by atoms with Crippen LogP contribution in [-0.4, -0.2) is 26.6 Å². The van der Waals surface area contributed by atoms with E-state index >= 15 is 0 Å². The molecule has 1 aromatic carbocycles. The van der Waals surface area contributed by atoms with Crippen molar-refractivity contribution in [2.45, 2.75) is 38.4 Å². The Morgan fingerprint density at radius 2 is 2.15 bits per heavy atom. The molecule has 0 fully saturated rings. The highest BCUT2D eigenvalue weighted by Crippen LogP contribution is 2.19. The summed E-state index contributed by atoms with van der Waals surface area (Å²) in [5, 5.41) is 8.68. The Balaban J connectivity index is 2.98. The van der Waals surface area contributed by atoms with Crippen LogP contribution in [-0.2, 0) is 22.6 Å². The highest BCUT2D eigenvalue weighted by atomic mass is 32.2. The van der Waals surface area contributed by atoms with Crippen LogP contribution in [0.25, 0.3) is 0 Å². The van der Waals surface area contributed by atoms with E-state index in [0.717, 1.165) is 0 Å². The summed E-state index contributed by atoms with van der Waals surface area (Å²) in [4.78, 5) is 10.6. The lowest BCUT2D eigenvalue weighted by molar-refractivity contribution is -0.136. The summed E-state index contributed by atoms with van der Waals surface area (Å²) in [6.45, 7) is 5.31. The zero-order valence-electron chi connectivity index (χ0n) is 11.7. The van der Waals surface area contributed by atoms with Gasteiger partial charge in [-0.25, -0.2) is 4.39 Å². The molecule has 0 aromatic heterocycles. The zero-order chi connectivity index (χ0) is 15.3. The number of rotatable bonds is 5. The van der Waals surface area contributed by atoms with Gasteiger partial charge in [-0.3, -0.25) is 4.79 Å². The van der Waals surface area contributed by atoms with Crippen LogP contribution >= 0.6 is 0 Å². The van der Waals surface area contributed by atoms with Gasteiger partial charge < -0.3 is 9.66 Å². The lowest BCUT2D eigenvalue weighted by atomic mass is 10.0. The first-order valence-corrected chi connectivity index (χ1v) is 7.27. The molecule has 0 bridgehead atoms. The number of carboxylic acids is 1. The molecule has 0 aliphatic carbocycles. The van der Waals surface area contributed by atoms with Gasteiger partial charge in [-0.15, -0.1) is 0 Å². The molecule has 0 amide bonds. The third-order valence-corrected chi connectivity index (χ3v) is 3.90. The Hall–Kier alpha value is -1.40. The van der Waals surface area contributed by atoms with Gasteiger partial charge in [0.15, 0.2) is 0 Å². The van der Waals surface area contributed by atoms with Crippen LogP contribution < -0.4 is 0 Å². The molecule has 6 heteroatoms. The van der Waals surface area contributed by atoms with Crippen molar-refractivity contribution >= 4 is 23.5 Å². The highest BCUT2D eigenvalue weighted by Gasteiger charge is 2.26. The van der Waals surface area contributed by atoms with Crippen LogP contribution in [0.5, 0.6) is 0 Å². The number of aliphatic carboxylic acids is 1. The number of carboxylic acid groups (broad SMARTS) is 1. The van der Waals surface area contributed by atoms with Crippen molar-refractivity contribution in [3.8, 4) is 0 Å². The summed E-state index contributed by atoms with van der Waals surface area (Å²) in [5.74, 6) is -1.45. The molecular weight excluding hydrogens is 281 g/mol. The maximum absolute atomic E-state index is 13.8. The first kappa shape index (κ1) is 16.7. The van der Waals surface area contributed by atoms with Gasteiger partial charge in [0.1, 0.15) is 21.9 Å². The van der Waals surface area contributed by atoms with Crippen molar-refractivity contribution in [1.82, 2.24) is 0 Å². The van der Waals surface area contributed by atoms with Gasteiger partial charge in [0, 0.05) is 12.0 Å². The standard InChI is InChI=1S/C14H18FNO3S/c1-14(2,3)20(19)16-9-11-10(7-8-13(17)18)5-4-6-12(11)15/h4-6,9H,7-8H2,1-3H3,(H,17,18)/b16-9+/t20-/m1/s1. The molecule has 1 rings (SSSR count). The van der Waals surface area contributed by atoms with Crippen molar-refractivity contribution in [3.05, 3.63) is 35.1 Å². The molecule has 110 valence electrons. The van der Waals surface area contributed by atoms with Crippen LogP contribution in [0, 0.1) is 5.82 Å². The first-order chi connectivity index (χ1) is 9.21. The van der Waals surface area contributed by atoms with E-state index in [1.165, 1.54) is 18.3 Å². The zero-order valence-corrected chi connectivity index (χ0v) is 12.5. The number of benzene rings is 1. The summed E-state index contributed by atoms with van der Waals surface area (Å²) >= 11 is -1.48. The predicted molar refractivity (Wildman–Crippen MR) is 77.8 cm³/mol. The van der Waals surface area contributed by atoms with Gasteiger partial charge >= 0.3 is 5.97 Å². The highest BCUT2D eigenvalue weighted by molar-refractivity contribution is 7.91. The Kier molecular flexibility index (Phi) is 5.71. The molecular formula is C14H18FNO3S. The fourth-order valence-corrected chi connectivity index (χ4v) is 1.96. The molecule has 0 unspecified atom stereocenters. The second-order valence-electron chi connectivity index (χ2n) is 5.30. The molecule has 0 aliphatic heterocycles. The molecule has 0 saturated carbocycles. The molecule has 1 N–H and O–H groups in total. The van der Waals surface area contributed by atoms with Crippen molar-refractivity contribution in [3.63, 3.8) is 0 Å². The van der Waals surface area contributed by atoms with E-state index in [4.69, 9.17) is 5.11 Å². The summed E-state index contributed by atoms with van der Waals surface area (Å²) in [6.07, 6.45) is 1.34. The van der Waals surface area contributed by atoms with Gasteiger partial charge in [-0.2, -0.15) is 0 Å². The third kappa shape index (κ3) is 4.94. The molecule has 1 aromatic rings. The maximum Gasteiger partial charge on any atom is 0.303 e. The van der Waals surface area contributed by atoms with Crippen LogP contribution in [0.1, 0.15) is 38.3 Å². The Morgan fingerprint density at radius 1 is 1.50 bits per heavy atom. The molecule has 0 radical (unpaired) electrons. The summed E-state index contributed by atoms with van der Waals surface area (Å²) in [5.41, 5.74) is 0.744. The summed E-state index contributed by atoms with van der Waals surface area (Å²) in [7, 11) is 0. The van der Waals surface area contributed by atoms with Gasteiger partial charge in [0.25, 0.3) is 0 Å². The second-order valence-corrected chi connectivity index (χ2v) is 7.24. The Labute approximate surface area is 121 Å². The first-order valence-electron chi connectivity index (χ1n) is 6.17. The number of aryl methyl sites for hydroxylation is 1. The minimum absolute atomic E-state index is 0.0906. The maximum atomic E-state index is 13.8. The van der Waals surface area contributed by atoms with Crippen molar-refractivity contribution in [2.24, 2.45) is 4.40 Å². The minimum Gasteiger partial charge on any atom is -0.591 e. The summed E-state index contributed by atoms with van der Waals surface area (Å²) in [6, 6.07) is 4.43. The van der Waals surface area contributed by atoms with E-state index in [-0.39, 0.29) is 18.4 Å². The van der Waals surface area contributed by atoms with E-state index in [1.807, 2.05) is 0 Å². The molecule has 4 nitrogen and oxygen atoms in total. The SMILES string of the molecule is CC(C)(C)[S@@+]([O-])/N=C/c1c(F)cccc1CCC(=O)O. The normalized spacial score (nSPS) is 13.7. The summed E-state index contributed by atoms with van der Waals surface area (Å²) < 4.78 is 29.0. The molecule has 0 heterocycles. The second kappa shape index (κ2) is 6.85. The van der Waals surface area contributed by atoms with E-state index in [9.17, 15) is 13.7 Å². The molecule has 0 aliphatic rings. The average molecular weight is 299 g/mol. The van der Waals surface area contributed by atoms with Gasteiger partial charge in [-0.1, -0.05) is 16.5 Å². The van der Waals surface area contributed by atoms with Crippen molar-refractivity contribution in [2.75, 3.05) is 0 Å². The number of nitrogens with zero attached hydrogens (tertiary/aromatic N) is 1. The van der Waals surface area contributed by atoms with Crippen LogP contribution in [0.15, 0.2) is 22.6 Å². The molecule has 0 saturated heterocycles. The van der Waals surface area contributed by atoms with Crippen LogP contribution in [0.2, 0.25) is 0 Å². The van der Waals surface area contributed by atoms with Crippen molar-refractivity contribution in [1.29, 1.82) is 0 Å². The van der Waals surface area contributed by atoms with Crippen LogP contribution in [0.3, 0.4) is 0 Å². The third-order valence-electron chi connectivity index (χ3n) is 2.55. The number of hydrogen-bond donors (Lipinski definition) is 1. The monoisotopic (exact) mass is 299 g/mol. The van der Waals surface area contributed by atoms with Gasteiger partial charge in [0.2, 0.25) is 0 Å². The van der Waals surface area contributed by atoms with Gasteiger partial charge in [-0.05, 0) is 38.8 Å². The van der Waals surface area contributed by atoms with Crippen LogP contribution in [0.4, 0.5) is 4.39 Å². The van der Waals surface area contributed by atoms with E-state index < -0.39 is 27.9 Å². The molecule has 20 heavy (non-hydrogen) atoms. The fourth-order valence-electron chi connectivity index (χ4n) is 1.44. The Morgan fingerprint density at radius 3 is 2.70 bits per heavy atom. The van der Waals surface area contributed by atoms with Gasteiger partial charge in [0.05, 0.1) is 6.21 Å². The molecule has 1 atom stereocenters. The number of hydrogen-bond acceptors (Lipinski definition) is 3.